The molecule has 0 radical (unpaired) electrons. The zero-order valence-corrected chi connectivity index (χ0v) is 24.8. The largest absolute Gasteiger partial charge is 0.400 e. The van der Waals surface area contributed by atoms with Crippen molar-refractivity contribution in [1.29, 1.82) is 0 Å². The normalized spacial score (nSPS) is 21.4. The Morgan fingerprint density at radius 2 is 1.35 bits per heavy atom. The monoisotopic (exact) mass is 555 g/mol. The van der Waals surface area contributed by atoms with Crippen molar-refractivity contribution in [2.75, 3.05) is 6.54 Å². The molecule has 3 aromatic carbocycles. The predicted octanol–water partition coefficient (Wildman–Crippen LogP) is 4.93. The molecule has 0 aliphatic carbocycles. The molecular weight excluding hydrogens is 518 g/mol. The fraction of sp³-hybridized carbons (Fsp3) is 0.333. The van der Waals surface area contributed by atoms with Gasteiger partial charge in [-0.05, 0) is 41.4 Å². The maximum atomic E-state index is 13.5. The lowest BCUT2D eigenvalue weighted by Crippen LogP contribution is -2.69. The highest BCUT2D eigenvalue weighted by Gasteiger charge is 2.55. The summed E-state index contributed by atoms with van der Waals surface area (Å²) in [6.07, 6.45) is -0.0751. The van der Waals surface area contributed by atoms with E-state index in [4.69, 9.17) is 13.9 Å². The van der Waals surface area contributed by atoms with Crippen molar-refractivity contribution in [1.82, 2.24) is 4.90 Å². The summed E-state index contributed by atoms with van der Waals surface area (Å²) in [6.45, 7) is 14.3. The number of hydrogen-bond acceptors (Lipinski definition) is 5. The molecule has 0 spiro atoms. The van der Waals surface area contributed by atoms with E-state index < -0.39 is 32.4 Å². The highest BCUT2D eigenvalue weighted by Crippen LogP contribution is 2.40. The molecule has 2 amide bonds. The summed E-state index contributed by atoms with van der Waals surface area (Å²) in [7, 11) is -3.08. The molecule has 1 unspecified atom stereocenters. The number of imide groups is 1. The molecule has 0 saturated carbocycles. The van der Waals surface area contributed by atoms with E-state index in [1.165, 1.54) is 4.90 Å². The zero-order valence-electron chi connectivity index (χ0n) is 23.8. The minimum Gasteiger partial charge on any atom is -0.400 e. The topological polar surface area (TPSA) is 65.1 Å². The van der Waals surface area contributed by atoms with Crippen LogP contribution < -0.4 is 10.4 Å². The van der Waals surface area contributed by atoms with E-state index in [0.717, 1.165) is 10.4 Å². The average Bonchev–Trinajstić information content (AvgIpc) is 3.39. The van der Waals surface area contributed by atoms with Gasteiger partial charge in [-0.15, -0.1) is 6.58 Å². The van der Waals surface area contributed by atoms with Crippen LogP contribution in [0.3, 0.4) is 0 Å². The molecule has 2 aliphatic heterocycles. The van der Waals surface area contributed by atoms with Gasteiger partial charge >= 0.3 is 0 Å². The summed E-state index contributed by atoms with van der Waals surface area (Å²) in [5.74, 6) is -1.55. The van der Waals surface area contributed by atoms with Gasteiger partial charge in [-0.1, -0.05) is 99.6 Å². The van der Waals surface area contributed by atoms with Crippen molar-refractivity contribution in [3.05, 3.63) is 109 Å². The van der Waals surface area contributed by atoms with Crippen LogP contribution in [-0.2, 0) is 13.9 Å². The number of fused-ring (bicyclic) bond motifs is 1. The first kappa shape index (κ1) is 28.2. The van der Waals surface area contributed by atoms with Crippen LogP contribution in [0, 0.1) is 0 Å². The number of benzene rings is 3. The van der Waals surface area contributed by atoms with E-state index in [0.29, 0.717) is 11.1 Å². The van der Waals surface area contributed by atoms with Gasteiger partial charge in [0.25, 0.3) is 20.1 Å². The van der Waals surface area contributed by atoms with E-state index in [-0.39, 0.29) is 23.4 Å². The fourth-order valence-electron chi connectivity index (χ4n) is 6.00. The van der Waals surface area contributed by atoms with Crippen LogP contribution in [-0.4, -0.2) is 55.7 Å². The number of amides is 2. The Bertz CT molecular complexity index is 1320. The van der Waals surface area contributed by atoms with Crippen molar-refractivity contribution >= 4 is 30.5 Å². The van der Waals surface area contributed by atoms with E-state index in [1.807, 2.05) is 50.2 Å². The van der Waals surface area contributed by atoms with Gasteiger partial charge in [-0.3, -0.25) is 14.5 Å². The van der Waals surface area contributed by atoms with Gasteiger partial charge in [0.05, 0.1) is 23.8 Å². The van der Waals surface area contributed by atoms with Gasteiger partial charge in [0.2, 0.25) is 0 Å². The second-order valence-electron chi connectivity index (χ2n) is 11.9. The van der Waals surface area contributed by atoms with Gasteiger partial charge in [-0.2, -0.15) is 0 Å². The average molecular weight is 556 g/mol. The number of hydrogen-bond donors (Lipinski definition) is 0. The van der Waals surface area contributed by atoms with Crippen LogP contribution >= 0.6 is 0 Å². The van der Waals surface area contributed by atoms with Gasteiger partial charge in [0, 0.05) is 0 Å². The molecule has 0 N–H and O–H groups in total. The maximum Gasteiger partial charge on any atom is 0.261 e. The Morgan fingerprint density at radius 1 is 0.875 bits per heavy atom. The third-order valence-electron chi connectivity index (χ3n) is 7.75. The first-order chi connectivity index (χ1) is 19.0. The quantitative estimate of drug-likeness (QED) is 0.224. The number of carbonyl (C=O) groups excluding carboxylic acids is 2. The smallest absolute Gasteiger partial charge is 0.261 e. The van der Waals surface area contributed by atoms with Crippen LogP contribution in [0.5, 0.6) is 0 Å². The van der Waals surface area contributed by atoms with Crippen molar-refractivity contribution in [2.45, 2.75) is 63.8 Å². The summed E-state index contributed by atoms with van der Waals surface area (Å²) in [5, 5.41) is 1.86. The summed E-state index contributed by atoms with van der Waals surface area (Å²) < 4.78 is 20.1. The summed E-state index contributed by atoms with van der Waals surface area (Å²) in [4.78, 5) is 28.3. The summed E-state index contributed by atoms with van der Waals surface area (Å²) in [6, 6.07) is 27.5. The Hall–Kier alpha value is -3.36. The molecule has 5 rings (SSSR count). The molecule has 6 nitrogen and oxygen atoms in total. The van der Waals surface area contributed by atoms with Crippen molar-refractivity contribution in [3.63, 3.8) is 0 Å². The molecule has 1 saturated heterocycles. The lowest BCUT2D eigenvalue weighted by Gasteiger charge is -2.46. The number of ether oxygens (including phenoxy) is 2. The molecule has 2 aliphatic rings. The Morgan fingerprint density at radius 3 is 1.80 bits per heavy atom. The first-order valence-electron chi connectivity index (χ1n) is 13.7. The number of rotatable bonds is 8. The number of carbonyl (C=O) groups is 2. The highest BCUT2D eigenvalue weighted by atomic mass is 28.4. The van der Waals surface area contributed by atoms with E-state index in [1.54, 1.807) is 30.3 Å². The van der Waals surface area contributed by atoms with Crippen LogP contribution in [0.2, 0.25) is 5.04 Å². The minimum atomic E-state index is -3.08. The number of nitrogens with zero attached hydrogens (tertiary/aromatic N) is 1. The third kappa shape index (κ3) is 4.88. The lowest BCUT2D eigenvalue weighted by atomic mass is 10.1. The van der Waals surface area contributed by atoms with Crippen LogP contribution in [0.4, 0.5) is 0 Å². The van der Waals surface area contributed by atoms with Crippen LogP contribution in [0.1, 0.15) is 55.3 Å². The Kier molecular flexibility index (Phi) is 7.44. The molecule has 2 heterocycles. The van der Waals surface area contributed by atoms with E-state index in [2.05, 4.69) is 51.6 Å². The van der Waals surface area contributed by atoms with Crippen molar-refractivity contribution < 1.29 is 23.5 Å². The molecule has 0 bridgehead atoms. The first-order valence-corrected chi connectivity index (χ1v) is 15.6. The highest BCUT2D eigenvalue weighted by molar-refractivity contribution is 6.99. The van der Waals surface area contributed by atoms with E-state index >= 15 is 0 Å². The van der Waals surface area contributed by atoms with E-state index in [9.17, 15) is 9.59 Å². The van der Waals surface area contributed by atoms with Crippen molar-refractivity contribution in [3.8, 4) is 0 Å². The van der Waals surface area contributed by atoms with Crippen LogP contribution in [0.15, 0.2) is 97.6 Å². The molecular formula is C33H37NO5Si. The second kappa shape index (κ2) is 10.6. The van der Waals surface area contributed by atoms with Gasteiger partial charge in [0.15, 0.2) is 5.79 Å². The molecule has 208 valence electrons. The van der Waals surface area contributed by atoms with Gasteiger partial charge in [0.1, 0.15) is 12.2 Å². The minimum absolute atomic E-state index is 0.0191. The molecule has 40 heavy (non-hydrogen) atoms. The maximum absolute atomic E-state index is 13.5. The predicted molar refractivity (Wildman–Crippen MR) is 158 cm³/mol. The van der Waals surface area contributed by atoms with Gasteiger partial charge < -0.3 is 13.9 Å². The Balaban J connectivity index is 1.66. The van der Waals surface area contributed by atoms with Gasteiger partial charge in [-0.25, -0.2) is 0 Å². The summed E-state index contributed by atoms with van der Waals surface area (Å²) in [5.41, 5.74) is 0.807. The standard InChI is InChI=1S/C33H37NO5Si/c1-7-27-29(38-33(5,6)37-27)28(22-34-30(35)25-20-14-15-21-26(25)31(34)36)39-40(32(2,3)4,23-16-10-8-11-17-23)24-18-12-9-13-19-24/h7-21,27-29H,1,22H2,2-6H3/t27?,28-,29-/m1/s1. The molecule has 3 aromatic rings. The van der Waals surface area contributed by atoms with Crippen LogP contribution in [0.25, 0.3) is 0 Å². The molecule has 0 aromatic heterocycles. The SMILES string of the molecule is C=CC1OC(C)(C)O[C@H]1[C@@H](CN1C(=O)c2ccccc2C1=O)O[Si](c1ccccc1)(c1ccccc1)C(C)(C)C. The molecule has 1 fully saturated rings. The Labute approximate surface area is 237 Å². The second-order valence-corrected chi connectivity index (χ2v) is 16.1. The fourth-order valence-corrected chi connectivity index (χ4v) is 10.7. The third-order valence-corrected chi connectivity index (χ3v) is 12.8. The molecule has 7 heteroatoms. The van der Waals surface area contributed by atoms with Crippen molar-refractivity contribution in [2.24, 2.45) is 0 Å². The lowest BCUT2D eigenvalue weighted by molar-refractivity contribution is -0.152. The zero-order chi connectivity index (χ0) is 28.7. The molecule has 3 atom stereocenters. The summed E-state index contributed by atoms with van der Waals surface area (Å²) >= 11 is 0.